The van der Waals surface area contributed by atoms with Crippen LogP contribution in [0.25, 0.3) is 0 Å². The van der Waals surface area contributed by atoms with Crippen LogP contribution >= 0.6 is 0 Å². The van der Waals surface area contributed by atoms with Crippen molar-refractivity contribution in [1.29, 1.82) is 0 Å². The van der Waals surface area contributed by atoms with Gasteiger partial charge in [-0.05, 0) is 25.7 Å². The highest BCUT2D eigenvalue weighted by Gasteiger charge is 2.51. The Morgan fingerprint density at radius 2 is 1.91 bits per heavy atom. The molecule has 3 aliphatic rings. The third-order valence-electron chi connectivity index (χ3n) is 4.55. The van der Waals surface area contributed by atoms with Crippen LogP contribution < -0.4 is 10.6 Å². The van der Waals surface area contributed by atoms with E-state index < -0.39 is 24.1 Å². The number of hydrogen-bond acceptors (Lipinski definition) is 5. The number of ether oxygens (including phenoxy) is 1. The van der Waals surface area contributed by atoms with Crippen molar-refractivity contribution in [3.05, 3.63) is 0 Å². The van der Waals surface area contributed by atoms with Crippen LogP contribution in [0.1, 0.15) is 44.9 Å². The summed E-state index contributed by atoms with van der Waals surface area (Å²) in [5.41, 5.74) is -0.848. The van der Waals surface area contributed by atoms with Crippen LogP contribution in [-0.4, -0.2) is 53.4 Å². The minimum atomic E-state index is -0.848. The SMILES string of the molecule is O=C(COC(=O)CN1C(=O)NC2(CCCCC2)C1=O)NC1CC1. The monoisotopic (exact) mass is 323 g/mol. The molecule has 8 heteroatoms. The minimum absolute atomic E-state index is 0.193. The maximum Gasteiger partial charge on any atom is 0.326 e. The zero-order valence-electron chi connectivity index (χ0n) is 12.9. The fraction of sp³-hybridized carbons (Fsp3) is 0.733. The van der Waals surface area contributed by atoms with Gasteiger partial charge in [0.1, 0.15) is 12.1 Å². The predicted molar refractivity (Wildman–Crippen MR) is 78.2 cm³/mol. The first kappa shape index (κ1) is 15.8. The van der Waals surface area contributed by atoms with Gasteiger partial charge in [0.15, 0.2) is 6.61 Å². The number of esters is 1. The molecule has 0 aromatic carbocycles. The molecule has 0 atom stereocenters. The Kier molecular flexibility index (Phi) is 4.23. The van der Waals surface area contributed by atoms with Crippen molar-refractivity contribution in [2.45, 2.75) is 56.5 Å². The summed E-state index contributed by atoms with van der Waals surface area (Å²) >= 11 is 0. The van der Waals surface area contributed by atoms with E-state index in [0.29, 0.717) is 12.8 Å². The number of amides is 4. The van der Waals surface area contributed by atoms with Crippen LogP contribution in [0.2, 0.25) is 0 Å². The number of imide groups is 1. The summed E-state index contributed by atoms with van der Waals surface area (Å²) in [4.78, 5) is 48.6. The fourth-order valence-corrected chi connectivity index (χ4v) is 3.13. The van der Waals surface area contributed by atoms with Crippen molar-refractivity contribution in [2.24, 2.45) is 0 Å². The summed E-state index contributed by atoms with van der Waals surface area (Å²) in [6.07, 6.45) is 5.91. The van der Waals surface area contributed by atoms with Crippen molar-refractivity contribution in [1.82, 2.24) is 15.5 Å². The maximum absolute atomic E-state index is 12.5. The van der Waals surface area contributed by atoms with Gasteiger partial charge >= 0.3 is 12.0 Å². The second-order valence-electron chi connectivity index (χ2n) is 6.47. The van der Waals surface area contributed by atoms with Crippen molar-refractivity contribution in [2.75, 3.05) is 13.2 Å². The zero-order chi connectivity index (χ0) is 16.4. The molecule has 1 spiro atoms. The summed E-state index contributed by atoms with van der Waals surface area (Å²) in [5, 5.41) is 5.42. The van der Waals surface area contributed by atoms with Crippen LogP contribution in [0.4, 0.5) is 4.79 Å². The molecule has 2 saturated carbocycles. The fourth-order valence-electron chi connectivity index (χ4n) is 3.13. The Balaban J connectivity index is 1.50. The molecule has 0 radical (unpaired) electrons. The lowest BCUT2D eigenvalue weighted by Crippen LogP contribution is -2.48. The minimum Gasteiger partial charge on any atom is -0.454 e. The normalized spacial score (nSPS) is 22.9. The topological polar surface area (TPSA) is 105 Å². The van der Waals surface area contributed by atoms with Gasteiger partial charge in [-0.1, -0.05) is 19.3 Å². The van der Waals surface area contributed by atoms with E-state index in [-0.39, 0.29) is 24.5 Å². The van der Waals surface area contributed by atoms with Crippen LogP contribution in [-0.2, 0) is 19.1 Å². The Labute approximate surface area is 133 Å². The quantitative estimate of drug-likeness (QED) is 0.550. The molecule has 4 amide bonds. The molecule has 1 aliphatic heterocycles. The number of rotatable bonds is 5. The molecule has 3 rings (SSSR count). The Morgan fingerprint density at radius 3 is 2.57 bits per heavy atom. The first-order valence-electron chi connectivity index (χ1n) is 8.09. The van der Waals surface area contributed by atoms with Gasteiger partial charge < -0.3 is 15.4 Å². The molecular weight excluding hydrogens is 302 g/mol. The Hall–Kier alpha value is -2.12. The van der Waals surface area contributed by atoms with E-state index in [4.69, 9.17) is 4.74 Å². The summed E-state index contributed by atoms with van der Waals surface area (Å²) in [6.45, 7) is -0.840. The standard InChI is InChI=1S/C15H21N3O5/c19-11(16-10-4-5-10)9-23-12(20)8-18-13(21)15(17-14(18)22)6-2-1-3-7-15/h10H,1-9H2,(H,16,19)(H,17,22). The van der Waals surface area contributed by atoms with E-state index in [1.54, 1.807) is 0 Å². The van der Waals surface area contributed by atoms with Crippen LogP contribution in [0.15, 0.2) is 0 Å². The molecule has 2 N–H and O–H groups in total. The molecule has 0 aromatic heterocycles. The second kappa shape index (κ2) is 6.17. The smallest absolute Gasteiger partial charge is 0.326 e. The molecule has 1 saturated heterocycles. The number of nitrogens with zero attached hydrogens (tertiary/aromatic N) is 1. The number of hydrogen-bond donors (Lipinski definition) is 2. The van der Waals surface area contributed by atoms with Gasteiger partial charge in [-0.3, -0.25) is 19.3 Å². The molecule has 1 heterocycles. The van der Waals surface area contributed by atoms with Gasteiger partial charge in [0, 0.05) is 6.04 Å². The van der Waals surface area contributed by atoms with Crippen LogP contribution in [0, 0.1) is 0 Å². The lowest BCUT2D eigenvalue weighted by molar-refractivity contribution is -0.151. The molecule has 0 aromatic rings. The van der Waals surface area contributed by atoms with Gasteiger partial charge in [0.05, 0.1) is 0 Å². The summed E-state index contributed by atoms with van der Waals surface area (Å²) in [7, 11) is 0. The molecular formula is C15H21N3O5. The van der Waals surface area contributed by atoms with Crippen molar-refractivity contribution < 1.29 is 23.9 Å². The van der Waals surface area contributed by atoms with E-state index in [0.717, 1.165) is 37.0 Å². The Bertz CT molecular complexity index is 537. The summed E-state index contributed by atoms with van der Waals surface area (Å²) in [6, 6.07) is -0.366. The third-order valence-corrected chi connectivity index (χ3v) is 4.55. The van der Waals surface area contributed by atoms with Crippen molar-refractivity contribution in [3.63, 3.8) is 0 Å². The van der Waals surface area contributed by atoms with Crippen molar-refractivity contribution >= 4 is 23.8 Å². The van der Waals surface area contributed by atoms with Gasteiger partial charge in [-0.25, -0.2) is 4.79 Å². The lowest BCUT2D eigenvalue weighted by atomic mass is 9.82. The first-order chi connectivity index (χ1) is 11.0. The molecule has 8 nitrogen and oxygen atoms in total. The highest BCUT2D eigenvalue weighted by atomic mass is 16.5. The predicted octanol–water partition coefficient (Wildman–Crippen LogP) is 0.0629. The first-order valence-corrected chi connectivity index (χ1v) is 8.09. The van der Waals surface area contributed by atoms with E-state index in [1.807, 2.05) is 0 Å². The van der Waals surface area contributed by atoms with Crippen LogP contribution in [0.5, 0.6) is 0 Å². The number of nitrogens with one attached hydrogen (secondary N) is 2. The highest BCUT2D eigenvalue weighted by Crippen LogP contribution is 2.33. The molecule has 126 valence electrons. The zero-order valence-corrected chi connectivity index (χ0v) is 12.9. The maximum atomic E-state index is 12.5. The molecule has 2 aliphatic carbocycles. The molecule has 0 bridgehead atoms. The van der Waals surface area contributed by atoms with Gasteiger partial charge in [0.2, 0.25) is 0 Å². The number of urea groups is 1. The van der Waals surface area contributed by atoms with E-state index in [2.05, 4.69) is 10.6 Å². The van der Waals surface area contributed by atoms with Gasteiger partial charge in [-0.2, -0.15) is 0 Å². The average molecular weight is 323 g/mol. The average Bonchev–Trinajstić information content (AvgIpc) is 3.31. The number of carbonyl (C=O) groups excluding carboxylic acids is 4. The highest BCUT2D eigenvalue weighted by molar-refractivity contribution is 6.08. The lowest BCUT2D eigenvalue weighted by Gasteiger charge is -2.30. The van der Waals surface area contributed by atoms with E-state index in [9.17, 15) is 19.2 Å². The van der Waals surface area contributed by atoms with Gasteiger partial charge in [0.25, 0.3) is 11.8 Å². The molecule has 3 fully saturated rings. The third kappa shape index (κ3) is 3.46. The van der Waals surface area contributed by atoms with Crippen molar-refractivity contribution in [3.8, 4) is 0 Å². The van der Waals surface area contributed by atoms with Gasteiger partial charge in [-0.15, -0.1) is 0 Å². The van der Waals surface area contributed by atoms with E-state index in [1.165, 1.54) is 0 Å². The Morgan fingerprint density at radius 1 is 1.22 bits per heavy atom. The molecule has 23 heavy (non-hydrogen) atoms. The molecule has 0 unspecified atom stereocenters. The second-order valence-corrected chi connectivity index (χ2v) is 6.47. The number of carbonyl (C=O) groups is 4. The summed E-state index contributed by atoms with van der Waals surface area (Å²) < 4.78 is 4.84. The largest absolute Gasteiger partial charge is 0.454 e. The van der Waals surface area contributed by atoms with Crippen LogP contribution in [0.3, 0.4) is 0 Å². The van der Waals surface area contributed by atoms with E-state index >= 15 is 0 Å². The summed E-state index contributed by atoms with van der Waals surface area (Å²) in [5.74, 6) is -1.48.